The van der Waals surface area contributed by atoms with Crippen LogP contribution in [-0.4, -0.2) is 6.29 Å². The summed E-state index contributed by atoms with van der Waals surface area (Å²) in [7, 11) is 0. The van der Waals surface area contributed by atoms with Crippen LogP contribution in [0.25, 0.3) is 0 Å². The lowest BCUT2D eigenvalue weighted by molar-refractivity contribution is 0.111. The third-order valence-corrected chi connectivity index (χ3v) is 1.53. The van der Waals surface area contributed by atoms with Gasteiger partial charge in [0.1, 0.15) is 0 Å². The van der Waals surface area contributed by atoms with Crippen LogP contribution in [0, 0.1) is 11.6 Å². The second-order valence-electron chi connectivity index (χ2n) is 1.87. The number of benzene rings is 1. The van der Waals surface area contributed by atoms with Crippen molar-refractivity contribution >= 4 is 17.9 Å². The van der Waals surface area contributed by atoms with Gasteiger partial charge in [0, 0.05) is 0 Å². The largest absolute Gasteiger partial charge is 0.298 e. The van der Waals surface area contributed by atoms with Crippen molar-refractivity contribution < 1.29 is 13.6 Å². The van der Waals surface area contributed by atoms with Crippen LogP contribution in [0.1, 0.15) is 10.4 Å². The predicted molar refractivity (Wildman–Crippen MR) is 36.8 cm³/mol. The molecule has 0 radical (unpaired) electrons. The number of hydrogen-bond acceptors (Lipinski definition) is 1. The minimum Gasteiger partial charge on any atom is -0.298 e. The zero-order chi connectivity index (χ0) is 8.43. The molecule has 0 spiro atoms. The lowest BCUT2D eigenvalue weighted by Crippen LogP contribution is -1.92. The standard InChI is InChI=1S/C7H3ClF2O/c8-5-1-2-6(9)7(10)4(5)3-11/h1-3H. The molecule has 1 aromatic carbocycles. The van der Waals surface area contributed by atoms with Gasteiger partial charge in [0.25, 0.3) is 0 Å². The van der Waals surface area contributed by atoms with Crippen LogP contribution >= 0.6 is 11.6 Å². The Labute approximate surface area is 66.6 Å². The molecule has 0 aliphatic heterocycles. The van der Waals surface area contributed by atoms with Gasteiger partial charge in [0.2, 0.25) is 0 Å². The Hall–Kier alpha value is -0.960. The molecule has 0 aromatic heterocycles. The quantitative estimate of drug-likeness (QED) is 0.475. The van der Waals surface area contributed by atoms with E-state index in [9.17, 15) is 13.6 Å². The maximum Gasteiger partial charge on any atom is 0.170 e. The van der Waals surface area contributed by atoms with Gasteiger partial charge in [-0.25, -0.2) is 8.78 Å². The summed E-state index contributed by atoms with van der Waals surface area (Å²) >= 11 is 5.36. The average Bonchev–Trinajstić information content (AvgIpc) is 1.99. The Balaban J connectivity index is 3.40. The Bertz CT molecular complexity index is 299. The minimum atomic E-state index is -1.20. The summed E-state index contributed by atoms with van der Waals surface area (Å²) in [5.74, 6) is -2.27. The Morgan fingerprint density at radius 2 is 2.00 bits per heavy atom. The average molecular weight is 177 g/mol. The number of halogens is 3. The van der Waals surface area contributed by atoms with E-state index in [0.717, 1.165) is 12.1 Å². The lowest BCUT2D eigenvalue weighted by Gasteiger charge is -1.97. The molecule has 0 heterocycles. The summed E-state index contributed by atoms with van der Waals surface area (Å²) in [6.45, 7) is 0. The van der Waals surface area contributed by atoms with Gasteiger partial charge < -0.3 is 0 Å². The van der Waals surface area contributed by atoms with Crippen molar-refractivity contribution in [3.8, 4) is 0 Å². The highest BCUT2D eigenvalue weighted by Crippen LogP contribution is 2.19. The van der Waals surface area contributed by atoms with Gasteiger partial charge in [0.15, 0.2) is 17.9 Å². The molecule has 1 aromatic rings. The highest BCUT2D eigenvalue weighted by Gasteiger charge is 2.10. The van der Waals surface area contributed by atoms with Crippen LogP contribution < -0.4 is 0 Å². The summed E-state index contributed by atoms with van der Waals surface area (Å²) in [5, 5.41) is -0.0844. The first-order valence-electron chi connectivity index (χ1n) is 2.75. The molecular weight excluding hydrogens is 174 g/mol. The molecule has 11 heavy (non-hydrogen) atoms. The van der Waals surface area contributed by atoms with E-state index in [4.69, 9.17) is 11.6 Å². The second-order valence-corrected chi connectivity index (χ2v) is 2.28. The molecule has 0 atom stereocenters. The van der Waals surface area contributed by atoms with Gasteiger partial charge in [0.05, 0.1) is 10.6 Å². The van der Waals surface area contributed by atoms with Crippen molar-refractivity contribution in [1.82, 2.24) is 0 Å². The van der Waals surface area contributed by atoms with E-state index in [1.807, 2.05) is 0 Å². The number of rotatable bonds is 1. The number of hydrogen-bond donors (Lipinski definition) is 0. The predicted octanol–water partition coefficient (Wildman–Crippen LogP) is 2.43. The minimum absolute atomic E-state index is 0.0844. The maximum absolute atomic E-state index is 12.6. The normalized spacial score (nSPS) is 9.73. The summed E-state index contributed by atoms with van der Waals surface area (Å²) in [6, 6.07) is 1.99. The number of carbonyl (C=O) groups excluding carboxylic acids is 1. The molecule has 0 saturated carbocycles. The molecule has 0 bridgehead atoms. The third kappa shape index (κ3) is 1.38. The highest BCUT2D eigenvalue weighted by molar-refractivity contribution is 6.32. The Kier molecular flexibility index (Phi) is 2.19. The van der Waals surface area contributed by atoms with Gasteiger partial charge in [-0.05, 0) is 12.1 Å². The Morgan fingerprint density at radius 3 is 2.45 bits per heavy atom. The molecule has 1 rings (SSSR count). The molecule has 0 amide bonds. The highest BCUT2D eigenvalue weighted by atomic mass is 35.5. The van der Waals surface area contributed by atoms with E-state index in [0.29, 0.717) is 0 Å². The number of aldehydes is 1. The van der Waals surface area contributed by atoms with Crippen molar-refractivity contribution in [1.29, 1.82) is 0 Å². The molecule has 4 heteroatoms. The first-order valence-corrected chi connectivity index (χ1v) is 3.13. The van der Waals surface area contributed by atoms with Gasteiger partial charge in [-0.1, -0.05) is 11.6 Å². The fraction of sp³-hybridized carbons (Fsp3) is 0. The summed E-state index contributed by atoms with van der Waals surface area (Å²) in [6.07, 6.45) is 0.181. The zero-order valence-electron chi connectivity index (χ0n) is 5.27. The topological polar surface area (TPSA) is 17.1 Å². The molecule has 0 aliphatic carbocycles. The molecule has 0 aliphatic rings. The van der Waals surface area contributed by atoms with Gasteiger partial charge in [-0.3, -0.25) is 4.79 Å². The van der Waals surface area contributed by atoms with E-state index in [-0.39, 0.29) is 11.3 Å². The van der Waals surface area contributed by atoms with Crippen LogP contribution in [0.5, 0.6) is 0 Å². The van der Waals surface area contributed by atoms with Crippen LogP contribution in [0.4, 0.5) is 8.78 Å². The summed E-state index contributed by atoms with van der Waals surface area (Å²) in [4.78, 5) is 10.1. The fourth-order valence-electron chi connectivity index (χ4n) is 0.651. The fourth-order valence-corrected chi connectivity index (χ4v) is 0.841. The maximum atomic E-state index is 12.6. The Morgan fingerprint density at radius 1 is 1.36 bits per heavy atom. The molecule has 58 valence electrons. The van der Waals surface area contributed by atoms with Crippen molar-refractivity contribution in [2.45, 2.75) is 0 Å². The first-order chi connectivity index (χ1) is 5.16. The second kappa shape index (κ2) is 2.96. The molecule has 0 fully saturated rings. The van der Waals surface area contributed by atoms with Gasteiger partial charge in [-0.15, -0.1) is 0 Å². The van der Waals surface area contributed by atoms with E-state index >= 15 is 0 Å². The monoisotopic (exact) mass is 176 g/mol. The molecule has 0 N–H and O–H groups in total. The van der Waals surface area contributed by atoms with Gasteiger partial charge >= 0.3 is 0 Å². The zero-order valence-corrected chi connectivity index (χ0v) is 6.03. The van der Waals surface area contributed by atoms with Gasteiger partial charge in [-0.2, -0.15) is 0 Å². The summed E-state index contributed by atoms with van der Waals surface area (Å²) in [5.41, 5.74) is -0.438. The van der Waals surface area contributed by atoms with Crippen LogP contribution in [0.15, 0.2) is 12.1 Å². The van der Waals surface area contributed by atoms with E-state index in [2.05, 4.69) is 0 Å². The lowest BCUT2D eigenvalue weighted by atomic mass is 10.2. The van der Waals surface area contributed by atoms with Crippen molar-refractivity contribution in [3.05, 3.63) is 34.4 Å². The molecular formula is C7H3ClF2O. The SMILES string of the molecule is O=Cc1c(Cl)ccc(F)c1F. The van der Waals surface area contributed by atoms with Crippen molar-refractivity contribution in [2.75, 3.05) is 0 Å². The van der Waals surface area contributed by atoms with E-state index in [1.54, 1.807) is 0 Å². The molecule has 1 nitrogen and oxygen atoms in total. The van der Waals surface area contributed by atoms with E-state index in [1.165, 1.54) is 0 Å². The van der Waals surface area contributed by atoms with E-state index < -0.39 is 17.2 Å². The third-order valence-electron chi connectivity index (χ3n) is 1.20. The van der Waals surface area contributed by atoms with Crippen LogP contribution in [0.2, 0.25) is 5.02 Å². The number of carbonyl (C=O) groups is 1. The smallest absolute Gasteiger partial charge is 0.170 e. The van der Waals surface area contributed by atoms with Crippen molar-refractivity contribution in [3.63, 3.8) is 0 Å². The van der Waals surface area contributed by atoms with Crippen LogP contribution in [-0.2, 0) is 0 Å². The molecule has 0 unspecified atom stereocenters. The first kappa shape index (κ1) is 8.14. The molecule has 0 saturated heterocycles. The van der Waals surface area contributed by atoms with Crippen molar-refractivity contribution in [2.24, 2.45) is 0 Å². The van der Waals surface area contributed by atoms with Crippen LogP contribution in [0.3, 0.4) is 0 Å². The summed E-state index contributed by atoms with van der Waals surface area (Å²) < 4.78 is 24.9.